The molecule has 1 fully saturated rings. The van der Waals surface area contributed by atoms with Gasteiger partial charge in [-0.15, -0.1) is 0 Å². The van der Waals surface area contributed by atoms with Crippen LogP contribution in [0, 0.1) is 11.8 Å². The van der Waals surface area contributed by atoms with E-state index in [1.54, 1.807) is 23.5 Å². The highest BCUT2D eigenvalue weighted by Gasteiger charge is 2.32. The third-order valence-electron chi connectivity index (χ3n) is 4.07. The molecule has 1 aliphatic rings. The van der Waals surface area contributed by atoms with Crippen LogP contribution in [0.4, 0.5) is 5.69 Å². The van der Waals surface area contributed by atoms with Crippen LogP contribution in [0.3, 0.4) is 0 Å². The Kier molecular flexibility index (Phi) is 4.65. The molecule has 20 heavy (non-hydrogen) atoms. The summed E-state index contributed by atoms with van der Waals surface area (Å²) in [6.07, 6.45) is 3.38. The predicted octanol–water partition coefficient (Wildman–Crippen LogP) is 2.18. The van der Waals surface area contributed by atoms with Gasteiger partial charge in [-0.25, -0.2) is 13.4 Å². The summed E-state index contributed by atoms with van der Waals surface area (Å²) in [6.45, 7) is 5.58. The number of piperidine rings is 1. The Labute approximate surface area is 121 Å². The van der Waals surface area contributed by atoms with Gasteiger partial charge in [0.1, 0.15) is 0 Å². The van der Waals surface area contributed by atoms with E-state index in [4.69, 9.17) is 0 Å². The largest absolute Gasteiger partial charge is 0.386 e. The van der Waals surface area contributed by atoms with Crippen LogP contribution in [0.2, 0.25) is 0 Å². The fourth-order valence-electron chi connectivity index (χ4n) is 2.69. The highest BCUT2D eigenvalue weighted by molar-refractivity contribution is 7.89. The van der Waals surface area contributed by atoms with Crippen molar-refractivity contribution < 1.29 is 8.42 Å². The second kappa shape index (κ2) is 6.10. The molecule has 0 aromatic carbocycles. The van der Waals surface area contributed by atoms with Crippen LogP contribution in [-0.4, -0.2) is 37.8 Å². The maximum atomic E-state index is 12.7. The van der Waals surface area contributed by atoms with Gasteiger partial charge in [0.15, 0.2) is 5.03 Å². The molecule has 0 radical (unpaired) electrons. The lowest BCUT2D eigenvalue weighted by Gasteiger charge is -2.33. The minimum absolute atomic E-state index is 0.130. The van der Waals surface area contributed by atoms with E-state index in [1.807, 2.05) is 0 Å². The molecule has 2 heterocycles. The molecule has 1 aromatic rings. The summed E-state index contributed by atoms with van der Waals surface area (Å²) in [5.41, 5.74) is 0.554. The van der Waals surface area contributed by atoms with E-state index in [-0.39, 0.29) is 5.03 Å². The molecule has 6 heteroatoms. The zero-order valence-electron chi connectivity index (χ0n) is 12.3. The average Bonchev–Trinajstić information content (AvgIpc) is 2.47. The summed E-state index contributed by atoms with van der Waals surface area (Å²) in [7, 11) is -1.78. The monoisotopic (exact) mass is 297 g/mol. The highest BCUT2D eigenvalue weighted by atomic mass is 32.2. The Morgan fingerprint density at radius 3 is 2.55 bits per heavy atom. The predicted molar refractivity (Wildman–Crippen MR) is 80.1 cm³/mol. The number of nitrogens with zero attached hydrogens (tertiary/aromatic N) is 2. The van der Waals surface area contributed by atoms with Gasteiger partial charge in [-0.2, -0.15) is 4.31 Å². The second-order valence-electron chi connectivity index (χ2n) is 5.59. The van der Waals surface area contributed by atoms with E-state index in [2.05, 4.69) is 24.1 Å². The summed E-state index contributed by atoms with van der Waals surface area (Å²) in [5, 5.41) is 3.03. The zero-order valence-corrected chi connectivity index (χ0v) is 13.2. The molecular weight excluding hydrogens is 274 g/mol. The molecule has 0 spiro atoms. The molecule has 2 rings (SSSR count). The van der Waals surface area contributed by atoms with Gasteiger partial charge >= 0.3 is 0 Å². The molecule has 112 valence electrons. The van der Waals surface area contributed by atoms with Gasteiger partial charge in [-0.05, 0) is 36.8 Å². The number of pyridine rings is 1. The van der Waals surface area contributed by atoms with E-state index in [0.717, 1.165) is 12.8 Å². The average molecular weight is 297 g/mol. The molecule has 0 bridgehead atoms. The van der Waals surface area contributed by atoms with Crippen molar-refractivity contribution in [1.29, 1.82) is 0 Å². The van der Waals surface area contributed by atoms with Crippen molar-refractivity contribution in [1.82, 2.24) is 9.29 Å². The first-order chi connectivity index (χ1) is 9.46. The van der Waals surface area contributed by atoms with E-state index < -0.39 is 10.0 Å². The molecule has 1 saturated heterocycles. The van der Waals surface area contributed by atoms with Crippen LogP contribution >= 0.6 is 0 Å². The normalized spacial score (nSPS) is 18.4. The zero-order chi connectivity index (χ0) is 14.8. The molecule has 1 aliphatic heterocycles. The maximum absolute atomic E-state index is 12.7. The van der Waals surface area contributed by atoms with Crippen LogP contribution in [0.25, 0.3) is 0 Å². The summed E-state index contributed by atoms with van der Waals surface area (Å²) in [5.74, 6) is 1.23. The number of anilines is 1. The van der Waals surface area contributed by atoms with Gasteiger partial charge < -0.3 is 5.32 Å². The minimum atomic E-state index is -3.49. The molecular formula is C14H23N3O2S. The quantitative estimate of drug-likeness (QED) is 0.925. The highest BCUT2D eigenvalue weighted by Crippen LogP contribution is 2.29. The van der Waals surface area contributed by atoms with E-state index in [9.17, 15) is 8.42 Å². The Bertz CT molecular complexity index is 549. The molecule has 1 aromatic heterocycles. The maximum Gasteiger partial charge on any atom is 0.262 e. The molecule has 0 unspecified atom stereocenters. The summed E-state index contributed by atoms with van der Waals surface area (Å²) < 4.78 is 26.9. The van der Waals surface area contributed by atoms with E-state index >= 15 is 0 Å². The van der Waals surface area contributed by atoms with Crippen LogP contribution in [0.1, 0.15) is 26.7 Å². The van der Waals surface area contributed by atoms with Crippen LogP contribution in [-0.2, 0) is 10.0 Å². The number of nitrogens with one attached hydrogen (secondary N) is 1. The van der Waals surface area contributed by atoms with Crippen LogP contribution in [0.5, 0.6) is 0 Å². The van der Waals surface area contributed by atoms with Crippen LogP contribution in [0.15, 0.2) is 23.4 Å². The summed E-state index contributed by atoms with van der Waals surface area (Å²) in [4.78, 5) is 4.06. The van der Waals surface area contributed by atoms with Crippen molar-refractivity contribution in [2.24, 2.45) is 11.8 Å². The van der Waals surface area contributed by atoms with Gasteiger partial charge in [0.2, 0.25) is 0 Å². The number of hydrogen-bond acceptors (Lipinski definition) is 4. The lowest BCUT2D eigenvalue weighted by molar-refractivity contribution is 0.226. The molecule has 1 N–H and O–H groups in total. The van der Waals surface area contributed by atoms with Crippen molar-refractivity contribution in [3.05, 3.63) is 18.3 Å². The van der Waals surface area contributed by atoms with Crippen molar-refractivity contribution in [3.8, 4) is 0 Å². The smallest absolute Gasteiger partial charge is 0.262 e. The van der Waals surface area contributed by atoms with E-state index in [0.29, 0.717) is 30.6 Å². The van der Waals surface area contributed by atoms with Crippen molar-refractivity contribution in [3.63, 3.8) is 0 Å². The topological polar surface area (TPSA) is 62.3 Å². The second-order valence-corrected chi connectivity index (χ2v) is 7.44. The lowest BCUT2D eigenvalue weighted by Crippen LogP contribution is -2.40. The first kappa shape index (κ1) is 15.3. The first-order valence-electron chi connectivity index (χ1n) is 7.09. The van der Waals surface area contributed by atoms with Gasteiger partial charge in [0, 0.05) is 26.3 Å². The van der Waals surface area contributed by atoms with Crippen molar-refractivity contribution in [2.75, 3.05) is 25.5 Å². The fraction of sp³-hybridized carbons (Fsp3) is 0.643. The molecule has 5 nitrogen and oxygen atoms in total. The Hall–Kier alpha value is -1.14. The molecule has 0 atom stereocenters. The van der Waals surface area contributed by atoms with Crippen molar-refractivity contribution in [2.45, 2.75) is 31.7 Å². The van der Waals surface area contributed by atoms with Gasteiger partial charge in [-0.1, -0.05) is 13.8 Å². The summed E-state index contributed by atoms with van der Waals surface area (Å²) in [6, 6.07) is 3.47. The minimum Gasteiger partial charge on any atom is -0.386 e. The summed E-state index contributed by atoms with van der Waals surface area (Å²) >= 11 is 0. The third kappa shape index (κ3) is 2.96. The molecule has 0 saturated carbocycles. The SMILES string of the molecule is CNc1cccnc1S(=O)(=O)N1CCC(C(C)C)CC1. The van der Waals surface area contributed by atoms with Gasteiger partial charge in [0.25, 0.3) is 10.0 Å². The first-order valence-corrected chi connectivity index (χ1v) is 8.53. The Balaban J connectivity index is 2.20. The van der Waals surface area contributed by atoms with Crippen LogP contribution < -0.4 is 5.32 Å². The van der Waals surface area contributed by atoms with E-state index in [1.165, 1.54) is 6.20 Å². The number of aromatic nitrogens is 1. The Morgan fingerprint density at radius 2 is 2.00 bits per heavy atom. The molecule has 0 amide bonds. The fourth-order valence-corrected chi connectivity index (χ4v) is 4.27. The Morgan fingerprint density at radius 1 is 1.35 bits per heavy atom. The number of sulfonamides is 1. The van der Waals surface area contributed by atoms with Gasteiger partial charge in [0.05, 0.1) is 5.69 Å². The standard InChI is InChI=1S/C14H23N3O2S/c1-11(2)12-6-9-17(10-7-12)20(18,19)14-13(15-3)5-4-8-16-14/h4-5,8,11-12,15H,6-7,9-10H2,1-3H3. The number of rotatable bonds is 4. The molecule has 0 aliphatic carbocycles. The van der Waals surface area contributed by atoms with Gasteiger partial charge in [-0.3, -0.25) is 0 Å². The number of hydrogen-bond donors (Lipinski definition) is 1. The van der Waals surface area contributed by atoms with Crippen molar-refractivity contribution >= 4 is 15.7 Å². The lowest BCUT2D eigenvalue weighted by atomic mass is 9.87. The third-order valence-corrected chi connectivity index (χ3v) is 5.93.